The zero-order chi connectivity index (χ0) is 24.2. The Morgan fingerprint density at radius 1 is 0.970 bits per heavy atom. The van der Waals surface area contributed by atoms with Crippen molar-refractivity contribution < 1.29 is 23.1 Å². The van der Waals surface area contributed by atoms with Crippen molar-refractivity contribution in [1.82, 2.24) is 9.13 Å². The Kier molecular flexibility index (Phi) is 7.46. The van der Waals surface area contributed by atoms with Crippen LogP contribution in [0, 0.1) is 0 Å². The number of halogens is 3. The molecular weight excluding hydrogens is 433 g/mol. The maximum Gasteiger partial charge on any atom is 0.433 e. The third kappa shape index (κ3) is 5.21. The average Bonchev–Trinajstić information content (AvgIpc) is 3.04. The van der Waals surface area contributed by atoms with Crippen molar-refractivity contribution in [2.75, 3.05) is 0 Å². The predicted octanol–water partition coefficient (Wildman–Crippen LogP) is 5.83. The van der Waals surface area contributed by atoms with Crippen LogP contribution in [0.5, 0.6) is 0 Å². The van der Waals surface area contributed by atoms with Gasteiger partial charge in [0, 0.05) is 6.54 Å². The zero-order valence-electron chi connectivity index (χ0n) is 18.7. The number of alkyl halides is 3. The number of unbranched alkanes of at least 4 members (excludes halogenated alkanes) is 1. The molecule has 176 valence electrons. The molecule has 1 heterocycles. The Hall–Kier alpha value is -3.29. The van der Waals surface area contributed by atoms with Crippen molar-refractivity contribution in [1.29, 1.82) is 0 Å². The van der Waals surface area contributed by atoms with Gasteiger partial charge in [0.2, 0.25) is 0 Å². The minimum Gasteiger partial charge on any atom is -0.478 e. The maximum absolute atomic E-state index is 13.9. The SMILES string of the molecule is CCCCn1c(C(F)(F)F)c(CCC)n(Cc2ccc(-c3ccccc3C(=O)O)cc2)c1=O. The first-order valence-corrected chi connectivity index (χ1v) is 11.0. The van der Waals surface area contributed by atoms with E-state index in [1.54, 1.807) is 49.4 Å². The minimum absolute atomic E-state index is 0.00593. The van der Waals surface area contributed by atoms with Crippen molar-refractivity contribution in [2.45, 2.75) is 58.8 Å². The Labute approximate surface area is 190 Å². The first-order chi connectivity index (χ1) is 15.7. The molecule has 0 radical (unpaired) electrons. The van der Waals surface area contributed by atoms with Crippen LogP contribution in [0.3, 0.4) is 0 Å². The number of aromatic carboxylic acids is 1. The van der Waals surface area contributed by atoms with Crippen LogP contribution >= 0.6 is 0 Å². The average molecular weight is 460 g/mol. The Morgan fingerprint density at radius 2 is 1.64 bits per heavy atom. The molecule has 0 spiro atoms. The third-order valence-corrected chi connectivity index (χ3v) is 5.58. The van der Waals surface area contributed by atoms with Crippen molar-refractivity contribution in [3.8, 4) is 11.1 Å². The second-order valence-corrected chi connectivity index (χ2v) is 7.96. The number of hydrogen-bond donors (Lipinski definition) is 1. The van der Waals surface area contributed by atoms with Gasteiger partial charge in [-0.05, 0) is 35.6 Å². The predicted molar refractivity (Wildman–Crippen MR) is 121 cm³/mol. The van der Waals surface area contributed by atoms with Crippen molar-refractivity contribution in [2.24, 2.45) is 0 Å². The van der Waals surface area contributed by atoms with Crippen LogP contribution in [-0.4, -0.2) is 20.2 Å². The molecule has 1 aromatic heterocycles. The molecule has 33 heavy (non-hydrogen) atoms. The third-order valence-electron chi connectivity index (χ3n) is 5.58. The highest BCUT2D eigenvalue weighted by molar-refractivity contribution is 5.95. The van der Waals surface area contributed by atoms with E-state index in [0.717, 1.165) is 4.57 Å². The summed E-state index contributed by atoms with van der Waals surface area (Å²) in [6, 6.07) is 13.5. The van der Waals surface area contributed by atoms with Gasteiger partial charge in [-0.1, -0.05) is 69.2 Å². The van der Waals surface area contributed by atoms with Gasteiger partial charge in [0.1, 0.15) is 5.69 Å². The van der Waals surface area contributed by atoms with Crippen LogP contribution in [0.25, 0.3) is 11.1 Å². The molecule has 2 aromatic carbocycles. The van der Waals surface area contributed by atoms with E-state index >= 15 is 0 Å². The normalized spacial score (nSPS) is 11.7. The van der Waals surface area contributed by atoms with E-state index in [2.05, 4.69) is 0 Å². The number of aromatic nitrogens is 2. The molecular formula is C25H27F3N2O3. The monoisotopic (exact) mass is 460 g/mol. The number of nitrogens with zero attached hydrogens (tertiary/aromatic N) is 2. The summed E-state index contributed by atoms with van der Waals surface area (Å²) in [5.41, 5.74) is 0.544. The molecule has 8 heteroatoms. The van der Waals surface area contributed by atoms with Gasteiger partial charge in [-0.2, -0.15) is 13.2 Å². The van der Waals surface area contributed by atoms with Gasteiger partial charge in [0.05, 0.1) is 17.8 Å². The molecule has 0 fully saturated rings. The van der Waals surface area contributed by atoms with Crippen LogP contribution in [0.15, 0.2) is 53.3 Å². The van der Waals surface area contributed by atoms with Gasteiger partial charge in [-0.15, -0.1) is 0 Å². The highest BCUT2D eigenvalue weighted by Gasteiger charge is 2.40. The summed E-state index contributed by atoms with van der Waals surface area (Å²) >= 11 is 0. The lowest BCUT2D eigenvalue weighted by atomic mass is 9.99. The van der Waals surface area contributed by atoms with Crippen LogP contribution in [-0.2, 0) is 25.7 Å². The van der Waals surface area contributed by atoms with Gasteiger partial charge < -0.3 is 5.11 Å². The lowest BCUT2D eigenvalue weighted by molar-refractivity contribution is -0.144. The van der Waals surface area contributed by atoms with Gasteiger partial charge in [0.15, 0.2) is 0 Å². The zero-order valence-corrected chi connectivity index (χ0v) is 18.7. The van der Waals surface area contributed by atoms with Crippen LogP contribution in [0.4, 0.5) is 13.2 Å². The molecule has 0 aliphatic carbocycles. The van der Waals surface area contributed by atoms with Crippen LogP contribution in [0.1, 0.15) is 60.4 Å². The van der Waals surface area contributed by atoms with Gasteiger partial charge in [0.25, 0.3) is 0 Å². The van der Waals surface area contributed by atoms with Crippen molar-refractivity contribution in [3.63, 3.8) is 0 Å². The van der Waals surface area contributed by atoms with E-state index in [-0.39, 0.29) is 30.8 Å². The molecule has 0 aliphatic heterocycles. The van der Waals surface area contributed by atoms with Crippen molar-refractivity contribution in [3.05, 3.63) is 81.5 Å². The number of hydrogen-bond acceptors (Lipinski definition) is 2. The van der Waals surface area contributed by atoms with E-state index in [9.17, 15) is 27.9 Å². The molecule has 0 saturated heterocycles. The summed E-state index contributed by atoms with van der Waals surface area (Å²) in [6.45, 7) is 3.69. The summed E-state index contributed by atoms with van der Waals surface area (Å²) in [4.78, 5) is 24.5. The summed E-state index contributed by atoms with van der Waals surface area (Å²) in [6.07, 6.45) is -2.83. The first-order valence-electron chi connectivity index (χ1n) is 11.0. The fourth-order valence-corrected chi connectivity index (χ4v) is 4.03. The topological polar surface area (TPSA) is 64.2 Å². The van der Waals surface area contributed by atoms with Crippen LogP contribution < -0.4 is 5.69 Å². The smallest absolute Gasteiger partial charge is 0.433 e. The lowest BCUT2D eigenvalue weighted by Gasteiger charge is -2.13. The highest BCUT2D eigenvalue weighted by Crippen LogP contribution is 2.33. The Morgan fingerprint density at radius 3 is 2.21 bits per heavy atom. The van der Waals surface area contributed by atoms with E-state index in [1.807, 2.05) is 6.92 Å². The molecule has 3 aromatic rings. The first kappa shape index (κ1) is 24.4. The Balaban J connectivity index is 2.02. The lowest BCUT2D eigenvalue weighted by Crippen LogP contribution is -2.27. The standard InChI is InChI=1S/C25H27F3N2O3/c1-3-5-15-29-22(25(26,27)28)21(8-4-2)30(24(29)33)16-17-11-13-18(14-12-17)19-9-6-7-10-20(19)23(31)32/h6-7,9-14H,3-5,8,15-16H2,1-2H3,(H,31,32). The van der Waals surface area contributed by atoms with Gasteiger partial charge >= 0.3 is 17.8 Å². The molecule has 3 rings (SSSR count). The number of imidazole rings is 1. The minimum atomic E-state index is -4.62. The molecule has 0 bridgehead atoms. The molecule has 0 amide bonds. The van der Waals surface area contributed by atoms with E-state index < -0.39 is 23.5 Å². The van der Waals surface area contributed by atoms with E-state index in [1.165, 1.54) is 10.6 Å². The number of carbonyl (C=O) groups is 1. The number of rotatable bonds is 9. The van der Waals surface area contributed by atoms with Gasteiger partial charge in [-0.3, -0.25) is 9.13 Å². The van der Waals surface area contributed by atoms with Crippen LogP contribution in [0.2, 0.25) is 0 Å². The quantitative estimate of drug-likeness (QED) is 0.437. The number of carboxylic acids is 1. The van der Waals surface area contributed by atoms with Crippen molar-refractivity contribution >= 4 is 5.97 Å². The molecule has 1 N–H and O–H groups in total. The maximum atomic E-state index is 13.9. The second-order valence-electron chi connectivity index (χ2n) is 7.96. The molecule has 0 saturated carbocycles. The number of benzene rings is 2. The molecule has 0 aliphatic rings. The number of carboxylic acid groups (broad SMARTS) is 1. The summed E-state index contributed by atoms with van der Waals surface area (Å²) in [7, 11) is 0. The summed E-state index contributed by atoms with van der Waals surface area (Å²) in [5.74, 6) is -1.04. The fourth-order valence-electron chi connectivity index (χ4n) is 4.03. The molecule has 5 nitrogen and oxygen atoms in total. The molecule has 0 unspecified atom stereocenters. The fraction of sp³-hybridized carbons (Fsp3) is 0.360. The molecule has 0 atom stereocenters. The second kappa shape index (κ2) is 10.1. The van der Waals surface area contributed by atoms with E-state index in [4.69, 9.17) is 0 Å². The summed E-state index contributed by atoms with van der Waals surface area (Å²) in [5, 5.41) is 9.41. The largest absolute Gasteiger partial charge is 0.478 e. The Bertz CT molecular complexity index is 1180. The van der Waals surface area contributed by atoms with Gasteiger partial charge in [-0.25, -0.2) is 9.59 Å². The summed E-state index contributed by atoms with van der Waals surface area (Å²) < 4.78 is 43.8. The van der Waals surface area contributed by atoms with E-state index in [0.29, 0.717) is 36.0 Å². The highest BCUT2D eigenvalue weighted by atomic mass is 19.4.